The van der Waals surface area contributed by atoms with E-state index in [1.54, 1.807) is 7.05 Å². The lowest BCUT2D eigenvalue weighted by Crippen LogP contribution is -2.07. The van der Waals surface area contributed by atoms with Crippen LogP contribution in [0.2, 0.25) is 0 Å². The van der Waals surface area contributed by atoms with Crippen LogP contribution >= 0.6 is 0 Å². The normalized spacial score (nSPS) is 11.4. The fourth-order valence-electron chi connectivity index (χ4n) is 0.345. The highest BCUT2D eigenvalue weighted by Crippen LogP contribution is 2.11. The highest BCUT2D eigenvalue weighted by Gasteiger charge is 2.06. The molecule has 0 saturated carbocycles. The van der Waals surface area contributed by atoms with Crippen molar-refractivity contribution in [1.29, 1.82) is 0 Å². The van der Waals surface area contributed by atoms with Crippen LogP contribution < -0.4 is 0 Å². The number of rotatable bonds is 3. The molecule has 0 spiro atoms. The number of aliphatic imine (C=N–C) groups is 2. The Kier molecular flexibility index (Phi) is 9.31. The molecule has 2 nitrogen and oxygen atoms in total. The van der Waals surface area contributed by atoms with Crippen LogP contribution in [-0.2, 0) is 0 Å². The van der Waals surface area contributed by atoms with E-state index in [9.17, 15) is 0 Å². The molecule has 70 valence electrons. The standard InChI is InChI=1S/C8H14N2.C2H6/c1-5-8(2,3)6-10-7-9-4;1-2/h5-7H,1H2,2-4H3;1-2H3. The molecule has 0 amide bonds. The zero-order valence-corrected chi connectivity index (χ0v) is 8.83. The van der Waals surface area contributed by atoms with Crippen molar-refractivity contribution in [2.24, 2.45) is 15.4 Å². The summed E-state index contributed by atoms with van der Waals surface area (Å²) in [5.74, 6) is 0. The highest BCUT2D eigenvalue weighted by molar-refractivity contribution is 5.77. The fraction of sp³-hybridized carbons (Fsp3) is 0.600. The summed E-state index contributed by atoms with van der Waals surface area (Å²) in [6.07, 6.45) is 5.18. The molecule has 2 heteroatoms. The van der Waals surface area contributed by atoms with Gasteiger partial charge in [0.1, 0.15) is 6.34 Å². The summed E-state index contributed by atoms with van der Waals surface area (Å²) >= 11 is 0. The van der Waals surface area contributed by atoms with Crippen LogP contribution in [-0.4, -0.2) is 19.6 Å². The second-order valence-electron chi connectivity index (χ2n) is 2.68. The summed E-state index contributed by atoms with van der Waals surface area (Å²) in [6, 6.07) is 0. The minimum Gasteiger partial charge on any atom is -0.277 e. The second-order valence-corrected chi connectivity index (χ2v) is 2.68. The Morgan fingerprint density at radius 1 is 1.25 bits per heavy atom. The predicted molar refractivity (Wildman–Crippen MR) is 58.2 cm³/mol. The Balaban J connectivity index is 0. The monoisotopic (exact) mass is 168 g/mol. The number of allylic oxidation sites excluding steroid dienone is 1. The maximum Gasteiger partial charge on any atom is 0.109 e. The Labute approximate surface area is 76.1 Å². The average Bonchev–Trinajstić information content (AvgIpc) is 2.09. The van der Waals surface area contributed by atoms with Crippen molar-refractivity contribution in [3.63, 3.8) is 0 Å². The maximum absolute atomic E-state index is 3.94. The van der Waals surface area contributed by atoms with Gasteiger partial charge >= 0.3 is 0 Å². The first-order chi connectivity index (χ1) is 5.62. The van der Waals surface area contributed by atoms with E-state index < -0.39 is 0 Å². The first-order valence-electron chi connectivity index (χ1n) is 4.21. The second kappa shape index (κ2) is 8.18. The smallest absolute Gasteiger partial charge is 0.109 e. The third-order valence-corrected chi connectivity index (χ3v) is 1.12. The van der Waals surface area contributed by atoms with Gasteiger partial charge in [-0.2, -0.15) is 0 Å². The zero-order valence-electron chi connectivity index (χ0n) is 8.83. The van der Waals surface area contributed by atoms with E-state index in [0.29, 0.717) is 0 Å². The molecule has 12 heavy (non-hydrogen) atoms. The van der Waals surface area contributed by atoms with Crippen LogP contribution in [0, 0.1) is 5.41 Å². The predicted octanol–water partition coefficient (Wildman–Crippen LogP) is 2.95. The minimum absolute atomic E-state index is 0.0266. The molecule has 0 heterocycles. The molecule has 0 aliphatic heterocycles. The van der Waals surface area contributed by atoms with Crippen LogP contribution in [0.4, 0.5) is 0 Å². The molecule has 0 fully saturated rings. The van der Waals surface area contributed by atoms with E-state index in [-0.39, 0.29) is 5.41 Å². The van der Waals surface area contributed by atoms with Crippen LogP contribution in [0.5, 0.6) is 0 Å². The van der Waals surface area contributed by atoms with Crippen molar-refractivity contribution in [3.05, 3.63) is 12.7 Å². The summed E-state index contributed by atoms with van der Waals surface area (Å²) in [5, 5.41) is 0. The van der Waals surface area contributed by atoms with Crippen molar-refractivity contribution in [3.8, 4) is 0 Å². The Hall–Kier alpha value is -0.920. The molecule has 0 aromatic carbocycles. The van der Waals surface area contributed by atoms with Crippen molar-refractivity contribution in [2.45, 2.75) is 27.7 Å². The molecule has 0 aromatic rings. The zero-order chi connectivity index (χ0) is 10.0. The van der Waals surface area contributed by atoms with Gasteiger partial charge in [-0.25, -0.2) is 4.99 Å². The molecule has 0 bridgehead atoms. The highest BCUT2D eigenvalue weighted by atomic mass is 14.8. The lowest BCUT2D eigenvalue weighted by molar-refractivity contribution is 0.697. The molecule has 0 aliphatic carbocycles. The summed E-state index contributed by atoms with van der Waals surface area (Å²) in [7, 11) is 1.69. The van der Waals surface area contributed by atoms with Gasteiger partial charge in [0.25, 0.3) is 0 Å². The van der Waals surface area contributed by atoms with E-state index in [1.165, 1.54) is 6.34 Å². The molecule has 0 saturated heterocycles. The van der Waals surface area contributed by atoms with E-state index in [4.69, 9.17) is 0 Å². The molecular formula is C10H20N2. The fourth-order valence-corrected chi connectivity index (χ4v) is 0.345. The average molecular weight is 168 g/mol. The lowest BCUT2D eigenvalue weighted by Gasteiger charge is -2.10. The number of hydrogen-bond donors (Lipinski definition) is 0. The quantitative estimate of drug-likeness (QED) is 0.351. The molecule has 0 rings (SSSR count). The van der Waals surface area contributed by atoms with Crippen LogP contribution in [0.15, 0.2) is 22.6 Å². The van der Waals surface area contributed by atoms with Gasteiger partial charge in [-0.05, 0) is 0 Å². The van der Waals surface area contributed by atoms with E-state index in [1.807, 2.05) is 40.0 Å². The van der Waals surface area contributed by atoms with E-state index in [2.05, 4.69) is 16.6 Å². The summed E-state index contributed by atoms with van der Waals surface area (Å²) in [5.41, 5.74) is -0.0266. The summed E-state index contributed by atoms with van der Waals surface area (Å²) in [6.45, 7) is 11.7. The van der Waals surface area contributed by atoms with Crippen LogP contribution in [0.25, 0.3) is 0 Å². The molecule has 0 aliphatic rings. The summed E-state index contributed by atoms with van der Waals surface area (Å²) < 4.78 is 0. The summed E-state index contributed by atoms with van der Waals surface area (Å²) in [4.78, 5) is 7.66. The SMILES string of the molecule is C=CC(C)(C)C=NC=NC.CC. The van der Waals surface area contributed by atoms with Gasteiger partial charge in [-0.15, -0.1) is 6.58 Å². The van der Waals surface area contributed by atoms with Crippen molar-refractivity contribution in [2.75, 3.05) is 7.05 Å². The molecule has 0 unspecified atom stereocenters. The molecule has 0 aromatic heterocycles. The molecular weight excluding hydrogens is 148 g/mol. The number of hydrogen-bond acceptors (Lipinski definition) is 1. The van der Waals surface area contributed by atoms with Crippen molar-refractivity contribution in [1.82, 2.24) is 0 Å². The first kappa shape index (κ1) is 13.7. The van der Waals surface area contributed by atoms with E-state index >= 15 is 0 Å². The van der Waals surface area contributed by atoms with Gasteiger partial charge in [-0.3, -0.25) is 4.99 Å². The van der Waals surface area contributed by atoms with Crippen molar-refractivity contribution < 1.29 is 0 Å². The van der Waals surface area contributed by atoms with Gasteiger partial charge in [0.05, 0.1) is 0 Å². The largest absolute Gasteiger partial charge is 0.277 e. The molecule has 0 radical (unpaired) electrons. The van der Waals surface area contributed by atoms with Crippen LogP contribution in [0.3, 0.4) is 0 Å². The number of nitrogens with zero attached hydrogens (tertiary/aromatic N) is 2. The third-order valence-electron chi connectivity index (χ3n) is 1.12. The van der Waals surface area contributed by atoms with E-state index in [0.717, 1.165) is 0 Å². The van der Waals surface area contributed by atoms with Gasteiger partial charge in [0.15, 0.2) is 0 Å². The Morgan fingerprint density at radius 2 is 1.75 bits per heavy atom. The maximum atomic E-state index is 3.94. The van der Waals surface area contributed by atoms with Crippen molar-refractivity contribution >= 4 is 12.6 Å². The Bertz CT molecular complexity index is 155. The van der Waals surface area contributed by atoms with Gasteiger partial charge in [-0.1, -0.05) is 33.8 Å². The molecule has 0 atom stereocenters. The lowest BCUT2D eigenvalue weighted by atomic mass is 9.96. The van der Waals surface area contributed by atoms with Gasteiger partial charge in [0.2, 0.25) is 0 Å². The topological polar surface area (TPSA) is 24.7 Å². The third kappa shape index (κ3) is 9.08. The van der Waals surface area contributed by atoms with Gasteiger partial charge < -0.3 is 0 Å². The molecule has 0 N–H and O–H groups in total. The van der Waals surface area contributed by atoms with Gasteiger partial charge in [0, 0.05) is 18.7 Å². The minimum atomic E-state index is -0.0266. The van der Waals surface area contributed by atoms with Crippen LogP contribution in [0.1, 0.15) is 27.7 Å². The Morgan fingerprint density at radius 3 is 2.08 bits per heavy atom. The first-order valence-corrected chi connectivity index (χ1v) is 4.21.